The third-order valence-electron chi connectivity index (χ3n) is 3.38. The second kappa shape index (κ2) is 8.02. The van der Waals surface area contributed by atoms with Crippen molar-refractivity contribution in [2.75, 3.05) is 30.7 Å². The molecular formula is C15H24N2O3S. The Kier molecular flexibility index (Phi) is 6.68. The Balaban J connectivity index is 2.52. The van der Waals surface area contributed by atoms with Gasteiger partial charge >= 0.3 is 0 Å². The van der Waals surface area contributed by atoms with Gasteiger partial charge in [0.1, 0.15) is 0 Å². The van der Waals surface area contributed by atoms with E-state index in [-0.39, 0.29) is 11.7 Å². The fourth-order valence-electron chi connectivity index (χ4n) is 1.99. The highest BCUT2D eigenvalue weighted by Gasteiger charge is 2.11. The van der Waals surface area contributed by atoms with Crippen molar-refractivity contribution >= 4 is 21.4 Å². The number of carbonyl (C=O) groups is 1. The van der Waals surface area contributed by atoms with Gasteiger partial charge in [-0.15, -0.1) is 0 Å². The van der Waals surface area contributed by atoms with E-state index in [1.54, 1.807) is 36.1 Å². The summed E-state index contributed by atoms with van der Waals surface area (Å²) in [5, 5.41) is 3.13. The summed E-state index contributed by atoms with van der Waals surface area (Å²) in [7, 11) is -3.16. The van der Waals surface area contributed by atoms with E-state index in [2.05, 4.69) is 5.32 Å². The number of nitrogens with zero attached hydrogens (tertiary/aromatic N) is 1. The SMILES string of the molecule is CCN(CC)C(=O)CCNc1ccc(S(=O)(=O)CC)cc1. The predicted molar refractivity (Wildman–Crippen MR) is 85.2 cm³/mol. The largest absolute Gasteiger partial charge is 0.385 e. The molecule has 0 unspecified atom stereocenters. The predicted octanol–water partition coefficient (Wildman–Crippen LogP) is 2.15. The second-order valence-corrected chi connectivity index (χ2v) is 6.95. The van der Waals surface area contributed by atoms with Gasteiger partial charge in [-0.25, -0.2) is 8.42 Å². The maximum absolute atomic E-state index is 11.8. The molecule has 1 aromatic carbocycles. The van der Waals surface area contributed by atoms with Crippen LogP contribution in [0.5, 0.6) is 0 Å². The lowest BCUT2D eigenvalue weighted by Gasteiger charge is -2.18. The first-order valence-corrected chi connectivity index (χ1v) is 8.94. The van der Waals surface area contributed by atoms with Crippen LogP contribution in [0.1, 0.15) is 27.2 Å². The number of hydrogen-bond donors (Lipinski definition) is 1. The Morgan fingerprint density at radius 1 is 1.10 bits per heavy atom. The Morgan fingerprint density at radius 3 is 2.14 bits per heavy atom. The van der Waals surface area contributed by atoms with E-state index in [4.69, 9.17) is 0 Å². The van der Waals surface area contributed by atoms with E-state index in [9.17, 15) is 13.2 Å². The average molecular weight is 312 g/mol. The molecule has 1 aromatic rings. The molecule has 0 aliphatic carbocycles. The Bertz CT molecular complexity index is 549. The van der Waals surface area contributed by atoms with E-state index in [1.807, 2.05) is 13.8 Å². The van der Waals surface area contributed by atoms with Gasteiger partial charge in [-0.05, 0) is 38.1 Å². The minimum Gasteiger partial charge on any atom is -0.385 e. The van der Waals surface area contributed by atoms with Gasteiger partial charge in [-0.3, -0.25) is 4.79 Å². The van der Waals surface area contributed by atoms with Gasteiger partial charge in [0.15, 0.2) is 9.84 Å². The third-order valence-corrected chi connectivity index (χ3v) is 5.13. The highest BCUT2D eigenvalue weighted by molar-refractivity contribution is 7.91. The van der Waals surface area contributed by atoms with Crippen molar-refractivity contribution in [3.63, 3.8) is 0 Å². The number of anilines is 1. The summed E-state index contributed by atoms with van der Waals surface area (Å²) in [6.45, 7) is 7.52. The minimum absolute atomic E-state index is 0.0954. The fraction of sp³-hybridized carbons (Fsp3) is 0.533. The van der Waals surface area contributed by atoms with E-state index >= 15 is 0 Å². The lowest BCUT2D eigenvalue weighted by atomic mass is 10.3. The second-order valence-electron chi connectivity index (χ2n) is 4.67. The molecule has 1 rings (SSSR count). The number of hydrogen-bond acceptors (Lipinski definition) is 4. The maximum atomic E-state index is 11.8. The van der Waals surface area contributed by atoms with E-state index < -0.39 is 9.84 Å². The Hall–Kier alpha value is -1.56. The molecule has 0 aromatic heterocycles. The van der Waals surface area contributed by atoms with Crippen LogP contribution in [0.25, 0.3) is 0 Å². The molecule has 0 aliphatic heterocycles. The van der Waals surface area contributed by atoms with E-state index in [0.29, 0.717) is 17.9 Å². The van der Waals surface area contributed by atoms with Crippen molar-refractivity contribution < 1.29 is 13.2 Å². The van der Waals surface area contributed by atoms with Crippen LogP contribution in [-0.4, -0.2) is 44.6 Å². The molecule has 0 bridgehead atoms. The number of amides is 1. The zero-order valence-corrected chi connectivity index (χ0v) is 13.7. The number of carbonyl (C=O) groups excluding carboxylic acids is 1. The Labute approximate surface area is 127 Å². The van der Waals surface area contributed by atoms with Gasteiger partial charge < -0.3 is 10.2 Å². The van der Waals surface area contributed by atoms with Gasteiger partial charge in [0.2, 0.25) is 5.91 Å². The summed E-state index contributed by atoms with van der Waals surface area (Å²) in [5.74, 6) is 0.218. The van der Waals surface area contributed by atoms with E-state index in [0.717, 1.165) is 18.8 Å². The van der Waals surface area contributed by atoms with Crippen LogP contribution in [-0.2, 0) is 14.6 Å². The molecule has 118 valence electrons. The molecule has 21 heavy (non-hydrogen) atoms. The van der Waals surface area contributed by atoms with Crippen LogP contribution in [0, 0.1) is 0 Å². The summed E-state index contributed by atoms with van der Waals surface area (Å²) < 4.78 is 23.4. The summed E-state index contributed by atoms with van der Waals surface area (Å²) in [6, 6.07) is 6.63. The standard InChI is InChI=1S/C15H24N2O3S/c1-4-17(5-2)15(18)11-12-16-13-7-9-14(10-8-13)21(19,20)6-3/h7-10,16H,4-6,11-12H2,1-3H3. The van der Waals surface area contributed by atoms with Crippen LogP contribution < -0.4 is 5.32 Å². The van der Waals surface area contributed by atoms with Crippen LogP contribution >= 0.6 is 0 Å². The molecular weight excluding hydrogens is 288 g/mol. The molecule has 1 amide bonds. The summed E-state index contributed by atoms with van der Waals surface area (Å²) in [5.41, 5.74) is 0.817. The zero-order valence-electron chi connectivity index (χ0n) is 12.9. The molecule has 0 saturated heterocycles. The lowest BCUT2D eigenvalue weighted by molar-refractivity contribution is -0.130. The molecule has 0 spiro atoms. The molecule has 0 fully saturated rings. The molecule has 1 N–H and O–H groups in total. The van der Waals surface area contributed by atoms with Crippen molar-refractivity contribution in [3.05, 3.63) is 24.3 Å². The van der Waals surface area contributed by atoms with Gasteiger partial charge in [0, 0.05) is 31.7 Å². The normalized spacial score (nSPS) is 11.2. The quantitative estimate of drug-likeness (QED) is 0.799. The highest BCUT2D eigenvalue weighted by Crippen LogP contribution is 2.15. The third kappa shape index (κ3) is 5.04. The molecule has 5 nitrogen and oxygen atoms in total. The van der Waals surface area contributed by atoms with Crippen molar-refractivity contribution in [1.29, 1.82) is 0 Å². The average Bonchev–Trinajstić information content (AvgIpc) is 2.49. The maximum Gasteiger partial charge on any atom is 0.224 e. The van der Waals surface area contributed by atoms with Gasteiger partial charge in [-0.2, -0.15) is 0 Å². The van der Waals surface area contributed by atoms with Crippen molar-refractivity contribution in [3.8, 4) is 0 Å². The van der Waals surface area contributed by atoms with Crippen LogP contribution in [0.3, 0.4) is 0 Å². The fourth-order valence-corrected chi connectivity index (χ4v) is 2.88. The molecule has 0 saturated carbocycles. The van der Waals surface area contributed by atoms with Crippen LogP contribution in [0.4, 0.5) is 5.69 Å². The molecule has 0 heterocycles. The smallest absolute Gasteiger partial charge is 0.224 e. The zero-order chi connectivity index (χ0) is 15.9. The number of nitrogens with one attached hydrogen (secondary N) is 1. The van der Waals surface area contributed by atoms with Crippen LogP contribution in [0.2, 0.25) is 0 Å². The van der Waals surface area contributed by atoms with Crippen LogP contribution in [0.15, 0.2) is 29.2 Å². The van der Waals surface area contributed by atoms with Gasteiger partial charge in [0.25, 0.3) is 0 Å². The first-order valence-electron chi connectivity index (χ1n) is 7.29. The number of sulfone groups is 1. The lowest BCUT2D eigenvalue weighted by Crippen LogP contribution is -2.31. The van der Waals surface area contributed by atoms with Crippen molar-refractivity contribution in [1.82, 2.24) is 4.90 Å². The number of rotatable bonds is 8. The minimum atomic E-state index is -3.16. The molecule has 0 radical (unpaired) electrons. The molecule has 6 heteroatoms. The van der Waals surface area contributed by atoms with Gasteiger partial charge in [0.05, 0.1) is 10.6 Å². The van der Waals surface area contributed by atoms with Crippen molar-refractivity contribution in [2.24, 2.45) is 0 Å². The van der Waals surface area contributed by atoms with Gasteiger partial charge in [-0.1, -0.05) is 6.92 Å². The molecule has 0 atom stereocenters. The first-order chi connectivity index (χ1) is 9.94. The molecule has 0 aliphatic rings. The summed E-state index contributed by atoms with van der Waals surface area (Å²) in [6.07, 6.45) is 0.427. The number of benzene rings is 1. The topological polar surface area (TPSA) is 66.5 Å². The first kappa shape index (κ1) is 17.5. The monoisotopic (exact) mass is 312 g/mol. The Morgan fingerprint density at radius 2 is 1.67 bits per heavy atom. The summed E-state index contributed by atoms with van der Waals surface area (Å²) >= 11 is 0. The summed E-state index contributed by atoms with van der Waals surface area (Å²) in [4.78, 5) is 13.9. The van der Waals surface area contributed by atoms with E-state index in [1.165, 1.54) is 0 Å². The van der Waals surface area contributed by atoms with Crippen molar-refractivity contribution in [2.45, 2.75) is 32.1 Å². The highest BCUT2D eigenvalue weighted by atomic mass is 32.2.